The third-order valence-electron chi connectivity index (χ3n) is 3.79. The van der Waals surface area contributed by atoms with Gasteiger partial charge in [-0.15, -0.1) is 0 Å². The van der Waals surface area contributed by atoms with Crippen molar-refractivity contribution in [2.45, 2.75) is 26.7 Å². The number of benzene rings is 1. The van der Waals surface area contributed by atoms with Crippen LogP contribution in [0.4, 0.5) is 0 Å². The Labute approximate surface area is 108 Å². The van der Waals surface area contributed by atoms with Gasteiger partial charge in [-0.05, 0) is 55.5 Å². The lowest BCUT2D eigenvalue weighted by Gasteiger charge is -2.11. The van der Waals surface area contributed by atoms with Crippen molar-refractivity contribution in [2.24, 2.45) is 7.05 Å². The van der Waals surface area contributed by atoms with Crippen molar-refractivity contribution < 1.29 is 0 Å². The van der Waals surface area contributed by atoms with Gasteiger partial charge in [-0.3, -0.25) is 0 Å². The molecule has 18 heavy (non-hydrogen) atoms. The molecule has 0 amide bonds. The summed E-state index contributed by atoms with van der Waals surface area (Å²) in [6, 6.07) is 4.53. The first-order valence-electron chi connectivity index (χ1n) is 6.46. The quantitative estimate of drug-likeness (QED) is 0.736. The molecule has 3 rings (SSSR count). The summed E-state index contributed by atoms with van der Waals surface area (Å²) in [7, 11) is 2.09. The minimum absolute atomic E-state index is 1.07. The summed E-state index contributed by atoms with van der Waals surface area (Å²) in [4.78, 5) is 4.63. The minimum atomic E-state index is 1.07. The maximum Gasteiger partial charge on any atom is 0.106 e. The van der Waals surface area contributed by atoms with E-state index in [1.807, 2.05) is 0 Å². The fraction of sp³-hybridized carbons (Fsp3) is 0.312. The molecule has 92 valence electrons. The standard InChI is InChI=1S/C16H18N2/c1-11-9-14(13-7-5-4-6-8-13)10-15-16(11)17-12(2)18(15)3/h4-5,7,9-10H,6,8H2,1-3H3. The molecule has 1 aliphatic carbocycles. The number of rotatable bonds is 1. The van der Waals surface area contributed by atoms with E-state index in [4.69, 9.17) is 0 Å². The van der Waals surface area contributed by atoms with Gasteiger partial charge in [0.1, 0.15) is 5.82 Å². The molecule has 2 heteroatoms. The molecule has 2 aromatic rings. The number of hydrogen-bond donors (Lipinski definition) is 0. The van der Waals surface area contributed by atoms with Gasteiger partial charge >= 0.3 is 0 Å². The monoisotopic (exact) mass is 238 g/mol. The highest BCUT2D eigenvalue weighted by Crippen LogP contribution is 2.28. The first kappa shape index (κ1) is 11.3. The third-order valence-corrected chi connectivity index (χ3v) is 3.79. The number of allylic oxidation sites excluding steroid dienone is 4. The summed E-state index contributed by atoms with van der Waals surface area (Å²) in [5.74, 6) is 1.07. The number of hydrogen-bond acceptors (Lipinski definition) is 1. The minimum Gasteiger partial charge on any atom is -0.331 e. The molecule has 2 nitrogen and oxygen atoms in total. The van der Waals surface area contributed by atoms with Crippen LogP contribution in [0, 0.1) is 13.8 Å². The summed E-state index contributed by atoms with van der Waals surface area (Å²) < 4.78 is 2.17. The van der Waals surface area contributed by atoms with Crippen molar-refractivity contribution >= 4 is 16.6 Å². The molecular formula is C16H18N2. The van der Waals surface area contributed by atoms with E-state index in [1.54, 1.807) is 0 Å². The van der Waals surface area contributed by atoms with Crippen LogP contribution in [-0.4, -0.2) is 9.55 Å². The molecule has 1 aromatic heterocycles. The highest BCUT2D eigenvalue weighted by atomic mass is 15.0. The van der Waals surface area contributed by atoms with E-state index in [2.05, 4.69) is 60.8 Å². The molecule has 1 aliphatic rings. The van der Waals surface area contributed by atoms with Gasteiger partial charge in [0.25, 0.3) is 0 Å². The molecule has 0 radical (unpaired) electrons. The Morgan fingerprint density at radius 1 is 1.22 bits per heavy atom. The van der Waals surface area contributed by atoms with Crippen LogP contribution in [0.15, 0.2) is 30.4 Å². The normalized spacial score (nSPS) is 15.2. The molecule has 0 spiro atoms. The van der Waals surface area contributed by atoms with Crippen LogP contribution in [0.2, 0.25) is 0 Å². The summed E-state index contributed by atoms with van der Waals surface area (Å²) in [5.41, 5.74) is 6.40. The summed E-state index contributed by atoms with van der Waals surface area (Å²) in [6.07, 6.45) is 8.90. The van der Waals surface area contributed by atoms with Crippen molar-refractivity contribution in [3.8, 4) is 0 Å². The van der Waals surface area contributed by atoms with Crippen LogP contribution in [0.1, 0.15) is 29.8 Å². The van der Waals surface area contributed by atoms with Crippen LogP contribution in [0.5, 0.6) is 0 Å². The predicted octanol–water partition coefficient (Wildman–Crippen LogP) is 3.92. The molecule has 0 N–H and O–H groups in total. The molecule has 1 heterocycles. The van der Waals surface area contributed by atoms with Gasteiger partial charge < -0.3 is 4.57 Å². The Bertz CT molecular complexity index is 672. The lowest BCUT2D eigenvalue weighted by molar-refractivity contribution is 0.885. The Balaban J connectivity index is 2.23. The molecule has 0 atom stereocenters. The van der Waals surface area contributed by atoms with E-state index in [0.717, 1.165) is 24.2 Å². The number of aryl methyl sites for hydroxylation is 3. The number of imidazole rings is 1. The van der Waals surface area contributed by atoms with Crippen molar-refractivity contribution in [2.75, 3.05) is 0 Å². The van der Waals surface area contributed by atoms with Gasteiger partial charge in [0.15, 0.2) is 0 Å². The van der Waals surface area contributed by atoms with Crippen LogP contribution in [-0.2, 0) is 7.05 Å². The van der Waals surface area contributed by atoms with Gasteiger partial charge in [0, 0.05) is 7.05 Å². The van der Waals surface area contributed by atoms with E-state index >= 15 is 0 Å². The van der Waals surface area contributed by atoms with Crippen molar-refractivity contribution in [3.63, 3.8) is 0 Å². The molecule has 0 fully saturated rings. The van der Waals surface area contributed by atoms with Gasteiger partial charge in [0.05, 0.1) is 11.0 Å². The second-order valence-corrected chi connectivity index (χ2v) is 5.04. The maximum absolute atomic E-state index is 4.63. The zero-order chi connectivity index (χ0) is 12.7. The maximum atomic E-state index is 4.63. The Hall–Kier alpha value is -1.83. The summed E-state index contributed by atoms with van der Waals surface area (Å²) in [6.45, 7) is 4.21. The molecule has 0 unspecified atom stereocenters. The lowest BCUT2D eigenvalue weighted by atomic mass is 9.95. The van der Waals surface area contributed by atoms with Crippen LogP contribution in [0.3, 0.4) is 0 Å². The van der Waals surface area contributed by atoms with Gasteiger partial charge in [-0.25, -0.2) is 4.98 Å². The fourth-order valence-electron chi connectivity index (χ4n) is 2.60. The van der Waals surface area contributed by atoms with Crippen LogP contribution >= 0.6 is 0 Å². The molecular weight excluding hydrogens is 220 g/mol. The van der Waals surface area contributed by atoms with E-state index in [9.17, 15) is 0 Å². The van der Waals surface area contributed by atoms with Gasteiger partial charge in [-0.1, -0.05) is 18.2 Å². The number of fused-ring (bicyclic) bond motifs is 1. The molecule has 1 aromatic carbocycles. The average molecular weight is 238 g/mol. The first-order chi connectivity index (χ1) is 8.66. The molecule has 0 saturated heterocycles. The molecule has 0 bridgehead atoms. The third kappa shape index (κ3) is 1.69. The Kier molecular flexibility index (Phi) is 2.58. The molecule has 0 saturated carbocycles. The Morgan fingerprint density at radius 3 is 2.78 bits per heavy atom. The van der Waals surface area contributed by atoms with Crippen molar-refractivity contribution in [1.82, 2.24) is 9.55 Å². The lowest BCUT2D eigenvalue weighted by Crippen LogP contribution is -1.93. The zero-order valence-corrected chi connectivity index (χ0v) is 11.2. The first-order valence-corrected chi connectivity index (χ1v) is 6.46. The van der Waals surface area contributed by atoms with E-state index in [0.29, 0.717) is 0 Å². The Morgan fingerprint density at radius 2 is 2.06 bits per heavy atom. The van der Waals surface area contributed by atoms with Crippen molar-refractivity contribution in [1.29, 1.82) is 0 Å². The highest BCUT2D eigenvalue weighted by molar-refractivity contribution is 5.85. The van der Waals surface area contributed by atoms with E-state index < -0.39 is 0 Å². The summed E-state index contributed by atoms with van der Waals surface area (Å²) in [5, 5.41) is 0. The van der Waals surface area contributed by atoms with Gasteiger partial charge in [-0.2, -0.15) is 0 Å². The fourth-order valence-corrected chi connectivity index (χ4v) is 2.60. The van der Waals surface area contributed by atoms with Gasteiger partial charge in [0.2, 0.25) is 0 Å². The second-order valence-electron chi connectivity index (χ2n) is 5.04. The van der Waals surface area contributed by atoms with E-state index in [1.165, 1.54) is 22.2 Å². The predicted molar refractivity (Wildman–Crippen MR) is 76.5 cm³/mol. The average Bonchev–Trinajstić information content (AvgIpc) is 2.68. The van der Waals surface area contributed by atoms with E-state index in [-0.39, 0.29) is 0 Å². The zero-order valence-electron chi connectivity index (χ0n) is 11.2. The summed E-state index contributed by atoms with van der Waals surface area (Å²) >= 11 is 0. The molecule has 0 aliphatic heterocycles. The van der Waals surface area contributed by atoms with Crippen molar-refractivity contribution in [3.05, 3.63) is 47.3 Å². The van der Waals surface area contributed by atoms with Crippen LogP contribution in [0.25, 0.3) is 16.6 Å². The smallest absolute Gasteiger partial charge is 0.106 e. The number of nitrogens with zero attached hydrogens (tertiary/aromatic N) is 2. The SMILES string of the molecule is Cc1cc(C2=CC=CCC2)cc2c1nc(C)n2C. The number of aromatic nitrogens is 2. The highest BCUT2D eigenvalue weighted by Gasteiger charge is 2.11. The second kappa shape index (κ2) is 4.13. The largest absolute Gasteiger partial charge is 0.331 e. The topological polar surface area (TPSA) is 17.8 Å². The van der Waals surface area contributed by atoms with Crippen LogP contribution < -0.4 is 0 Å².